The first kappa shape index (κ1) is 18.6. The van der Waals surface area contributed by atoms with Crippen LogP contribution >= 0.6 is 0 Å². The highest BCUT2D eigenvalue weighted by Crippen LogP contribution is 2.14. The highest BCUT2D eigenvalue weighted by molar-refractivity contribution is 7.88. The van der Waals surface area contributed by atoms with Crippen LogP contribution in [0.2, 0.25) is 0 Å². The summed E-state index contributed by atoms with van der Waals surface area (Å²) >= 11 is 0. The second-order valence-corrected chi connectivity index (χ2v) is 8.25. The van der Waals surface area contributed by atoms with Crippen LogP contribution < -0.4 is 0 Å². The number of aryl methyl sites for hydroxylation is 2. The molecule has 1 aromatic carbocycles. The quantitative estimate of drug-likeness (QED) is 0.750. The van der Waals surface area contributed by atoms with E-state index in [1.54, 1.807) is 11.0 Å². The molecule has 0 bridgehead atoms. The van der Waals surface area contributed by atoms with Crippen molar-refractivity contribution in [2.45, 2.75) is 26.7 Å². The van der Waals surface area contributed by atoms with Crippen molar-refractivity contribution in [2.24, 2.45) is 0 Å². The minimum absolute atomic E-state index is 0.0405. The van der Waals surface area contributed by atoms with Crippen LogP contribution in [-0.2, 0) is 14.8 Å². The molecule has 1 aromatic rings. The Morgan fingerprint density at radius 2 is 1.62 bits per heavy atom. The Morgan fingerprint density at radius 3 is 2.17 bits per heavy atom. The predicted molar refractivity (Wildman–Crippen MR) is 92.5 cm³/mol. The van der Waals surface area contributed by atoms with Crippen LogP contribution in [-0.4, -0.2) is 61.7 Å². The molecule has 1 saturated heterocycles. The van der Waals surface area contributed by atoms with Crippen LogP contribution in [0, 0.1) is 13.8 Å². The van der Waals surface area contributed by atoms with E-state index in [2.05, 4.69) is 0 Å². The average molecular weight is 352 g/mol. The van der Waals surface area contributed by atoms with E-state index in [4.69, 9.17) is 0 Å². The lowest BCUT2D eigenvalue weighted by Gasteiger charge is -2.33. The number of piperazine rings is 1. The molecule has 0 aromatic heterocycles. The standard InChI is InChI=1S/C17H24N2O4S/c1-13-4-5-15(12-14(13)2)16(20)6-7-17(21)18-8-10-19(11-9-18)24(3,22)23/h4-5,12H,6-11H2,1-3H3. The predicted octanol–water partition coefficient (Wildman–Crippen LogP) is 1.37. The molecule has 1 aliphatic heterocycles. The van der Waals surface area contributed by atoms with Gasteiger partial charge in [-0.3, -0.25) is 9.59 Å². The first-order chi connectivity index (χ1) is 11.2. The van der Waals surface area contributed by atoms with Crippen molar-refractivity contribution in [1.82, 2.24) is 9.21 Å². The van der Waals surface area contributed by atoms with E-state index < -0.39 is 10.0 Å². The van der Waals surface area contributed by atoms with Gasteiger partial charge in [0, 0.05) is 44.6 Å². The fourth-order valence-electron chi connectivity index (χ4n) is 2.71. The van der Waals surface area contributed by atoms with Crippen LogP contribution in [0.4, 0.5) is 0 Å². The maximum atomic E-state index is 12.2. The number of amides is 1. The van der Waals surface area contributed by atoms with Crippen molar-refractivity contribution in [3.05, 3.63) is 34.9 Å². The minimum Gasteiger partial charge on any atom is -0.340 e. The highest BCUT2D eigenvalue weighted by Gasteiger charge is 2.26. The van der Waals surface area contributed by atoms with E-state index in [9.17, 15) is 18.0 Å². The monoisotopic (exact) mass is 352 g/mol. The lowest BCUT2D eigenvalue weighted by atomic mass is 10.0. The number of hydrogen-bond donors (Lipinski definition) is 0. The topological polar surface area (TPSA) is 74.8 Å². The molecule has 7 heteroatoms. The third kappa shape index (κ3) is 4.64. The SMILES string of the molecule is Cc1ccc(C(=O)CCC(=O)N2CCN(S(C)(=O)=O)CC2)cc1C. The van der Waals surface area contributed by atoms with Crippen molar-refractivity contribution < 1.29 is 18.0 Å². The molecular weight excluding hydrogens is 328 g/mol. The number of ketones is 1. The number of Topliss-reactive ketones (excluding diaryl/α,β-unsaturated/α-hetero) is 1. The molecule has 0 saturated carbocycles. The van der Waals surface area contributed by atoms with Crippen molar-refractivity contribution in [3.8, 4) is 0 Å². The van der Waals surface area contributed by atoms with Crippen LogP contribution in [0.5, 0.6) is 0 Å². The lowest BCUT2D eigenvalue weighted by Crippen LogP contribution is -2.50. The highest BCUT2D eigenvalue weighted by atomic mass is 32.2. The Bertz CT molecular complexity index is 735. The number of rotatable bonds is 5. The zero-order chi connectivity index (χ0) is 17.9. The van der Waals surface area contributed by atoms with Gasteiger partial charge in [0.05, 0.1) is 6.26 Å². The number of carbonyl (C=O) groups excluding carboxylic acids is 2. The number of hydrogen-bond acceptors (Lipinski definition) is 4. The van der Waals surface area contributed by atoms with Crippen LogP contribution in [0.25, 0.3) is 0 Å². The van der Waals surface area contributed by atoms with Gasteiger partial charge in [-0.15, -0.1) is 0 Å². The maximum Gasteiger partial charge on any atom is 0.223 e. The molecule has 0 atom stereocenters. The summed E-state index contributed by atoms with van der Waals surface area (Å²) in [4.78, 5) is 26.1. The largest absolute Gasteiger partial charge is 0.340 e. The fourth-order valence-corrected chi connectivity index (χ4v) is 3.53. The molecule has 0 radical (unpaired) electrons. The van der Waals surface area contributed by atoms with Crippen LogP contribution in [0.1, 0.15) is 34.3 Å². The molecule has 0 aliphatic carbocycles. The van der Waals surface area contributed by atoms with Gasteiger partial charge in [0.1, 0.15) is 0 Å². The van der Waals surface area contributed by atoms with Gasteiger partial charge in [-0.05, 0) is 31.0 Å². The number of nitrogens with zero attached hydrogens (tertiary/aromatic N) is 2. The van der Waals surface area contributed by atoms with Crippen molar-refractivity contribution >= 4 is 21.7 Å². The summed E-state index contributed by atoms with van der Waals surface area (Å²) in [5, 5.41) is 0. The van der Waals surface area contributed by atoms with E-state index in [0.29, 0.717) is 31.7 Å². The van der Waals surface area contributed by atoms with Gasteiger partial charge in [0.25, 0.3) is 0 Å². The Morgan fingerprint density at radius 1 is 1.00 bits per heavy atom. The Kier molecular flexibility index (Phi) is 5.77. The molecule has 0 N–H and O–H groups in total. The van der Waals surface area contributed by atoms with E-state index in [0.717, 1.165) is 11.1 Å². The normalized spacial score (nSPS) is 16.2. The summed E-state index contributed by atoms with van der Waals surface area (Å²) in [6, 6.07) is 5.56. The second kappa shape index (κ2) is 7.44. The van der Waals surface area contributed by atoms with Gasteiger partial charge in [0.2, 0.25) is 15.9 Å². The summed E-state index contributed by atoms with van der Waals surface area (Å²) in [5.41, 5.74) is 2.82. The van der Waals surface area contributed by atoms with Crippen molar-refractivity contribution in [2.75, 3.05) is 32.4 Å². The zero-order valence-corrected chi connectivity index (χ0v) is 15.2. The third-order valence-corrected chi connectivity index (χ3v) is 5.76. The van der Waals surface area contributed by atoms with Crippen molar-refractivity contribution in [1.29, 1.82) is 0 Å². The van der Waals surface area contributed by atoms with Crippen LogP contribution in [0.15, 0.2) is 18.2 Å². The lowest BCUT2D eigenvalue weighted by molar-refractivity contribution is -0.132. The Balaban J connectivity index is 1.85. The van der Waals surface area contributed by atoms with Gasteiger partial charge in [-0.25, -0.2) is 8.42 Å². The Labute approximate surface area is 143 Å². The van der Waals surface area contributed by atoms with Gasteiger partial charge < -0.3 is 4.90 Å². The van der Waals surface area contributed by atoms with Gasteiger partial charge >= 0.3 is 0 Å². The minimum atomic E-state index is -3.20. The summed E-state index contributed by atoms with van der Waals surface area (Å²) < 4.78 is 24.3. The van der Waals surface area contributed by atoms with Crippen molar-refractivity contribution in [3.63, 3.8) is 0 Å². The fraction of sp³-hybridized carbons (Fsp3) is 0.529. The first-order valence-electron chi connectivity index (χ1n) is 8.02. The van der Waals surface area contributed by atoms with Crippen LogP contribution in [0.3, 0.4) is 0 Å². The zero-order valence-electron chi connectivity index (χ0n) is 14.4. The maximum absolute atomic E-state index is 12.2. The number of benzene rings is 1. The summed E-state index contributed by atoms with van der Waals surface area (Å²) in [6.45, 7) is 5.33. The van der Waals surface area contributed by atoms with Gasteiger partial charge in [0.15, 0.2) is 5.78 Å². The molecule has 1 fully saturated rings. The molecule has 1 heterocycles. The van der Waals surface area contributed by atoms with E-state index in [1.165, 1.54) is 10.6 Å². The van der Waals surface area contributed by atoms with Gasteiger partial charge in [-0.1, -0.05) is 12.1 Å². The molecule has 24 heavy (non-hydrogen) atoms. The summed E-state index contributed by atoms with van der Waals surface area (Å²) in [7, 11) is -3.20. The molecule has 132 valence electrons. The van der Waals surface area contributed by atoms with E-state index in [-0.39, 0.29) is 24.5 Å². The summed E-state index contributed by atoms with van der Waals surface area (Å²) in [6.07, 6.45) is 1.50. The number of carbonyl (C=O) groups is 2. The van der Waals surface area contributed by atoms with Gasteiger partial charge in [-0.2, -0.15) is 4.31 Å². The molecule has 0 unspecified atom stereocenters. The molecule has 6 nitrogen and oxygen atoms in total. The molecule has 2 rings (SSSR count). The average Bonchev–Trinajstić information content (AvgIpc) is 2.54. The van der Waals surface area contributed by atoms with E-state index >= 15 is 0 Å². The number of sulfonamides is 1. The second-order valence-electron chi connectivity index (χ2n) is 6.27. The third-order valence-electron chi connectivity index (χ3n) is 4.46. The summed E-state index contributed by atoms with van der Waals surface area (Å²) in [5.74, 6) is -0.137. The molecular formula is C17H24N2O4S. The molecule has 0 spiro atoms. The molecule has 1 amide bonds. The molecule has 1 aliphatic rings. The Hall–Kier alpha value is -1.73. The van der Waals surface area contributed by atoms with E-state index in [1.807, 2.05) is 26.0 Å². The first-order valence-corrected chi connectivity index (χ1v) is 9.86. The smallest absolute Gasteiger partial charge is 0.223 e.